The maximum absolute atomic E-state index is 12.1. The fourth-order valence-corrected chi connectivity index (χ4v) is 2.97. The molecule has 0 saturated heterocycles. The number of carbonyl (C=O) groups is 1. The van der Waals surface area contributed by atoms with Gasteiger partial charge in [-0.3, -0.25) is 4.79 Å². The van der Waals surface area contributed by atoms with Crippen molar-refractivity contribution < 1.29 is 4.79 Å². The first-order valence-electron chi connectivity index (χ1n) is 7.10. The lowest BCUT2D eigenvalue weighted by Crippen LogP contribution is -2.34. The second-order valence-electron chi connectivity index (χ2n) is 5.17. The van der Waals surface area contributed by atoms with Crippen molar-refractivity contribution in [1.29, 1.82) is 0 Å². The Balaban J connectivity index is 0.00000242. The lowest BCUT2D eigenvalue weighted by Gasteiger charge is -2.14. The number of benzene rings is 1. The van der Waals surface area contributed by atoms with E-state index in [0.717, 1.165) is 17.8 Å². The first-order chi connectivity index (χ1) is 10.1. The largest absolute Gasteiger partial charge is 0.348 e. The van der Waals surface area contributed by atoms with Gasteiger partial charge in [0.1, 0.15) is 5.69 Å². The minimum Gasteiger partial charge on any atom is -0.348 e. The van der Waals surface area contributed by atoms with Gasteiger partial charge in [0.2, 0.25) is 0 Å². The first kappa shape index (κ1) is 18.6. The predicted octanol–water partition coefficient (Wildman–Crippen LogP) is 2.74. The highest BCUT2D eigenvalue weighted by Gasteiger charge is 2.14. The number of nitrogens with one attached hydrogen (secondary N) is 1. The molecule has 6 heteroatoms. The van der Waals surface area contributed by atoms with E-state index in [-0.39, 0.29) is 24.4 Å². The predicted molar refractivity (Wildman–Crippen MR) is 93.9 cm³/mol. The van der Waals surface area contributed by atoms with E-state index in [2.05, 4.69) is 29.4 Å². The Morgan fingerprint density at radius 3 is 2.82 bits per heavy atom. The average molecular weight is 340 g/mol. The zero-order valence-corrected chi connectivity index (χ0v) is 14.5. The van der Waals surface area contributed by atoms with E-state index < -0.39 is 0 Å². The first-order valence-corrected chi connectivity index (χ1v) is 7.98. The van der Waals surface area contributed by atoms with Crippen LogP contribution in [0.4, 0.5) is 0 Å². The number of nitrogens with two attached hydrogens (primary N) is 1. The Labute approximate surface area is 141 Å². The van der Waals surface area contributed by atoms with E-state index in [4.69, 9.17) is 5.73 Å². The number of thiazole rings is 1. The van der Waals surface area contributed by atoms with Crippen molar-refractivity contribution >= 4 is 29.7 Å². The third-order valence-electron chi connectivity index (χ3n) is 3.31. The third kappa shape index (κ3) is 5.09. The van der Waals surface area contributed by atoms with Gasteiger partial charge in [0.15, 0.2) is 0 Å². The molecule has 0 spiro atoms. The van der Waals surface area contributed by atoms with Gasteiger partial charge in [-0.1, -0.05) is 24.3 Å². The van der Waals surface area contributed by atoms with Gasteiger partial charge in [0.25, 0.3) is 5.91 Å². The van der Waals surface area contributed by atoms with Crippen LogP contribution in [0.1, 0.15) is 33.5 Å². The fourth-order valence-electron chi connectivity index (χ4n) is 2.17. The molecule has 1 unspecified atom stereocenters. The van der Waals surface area contributed by atoms with Gasteiger partial charge in [0, 0.05) is 17.8 Å². The maximum Gasteiger partial charge on any atom is 0.270 e. The van der Waals surface area contributed by atoms with E-state index in [1.54, 1.807) is 5.38 Å². The van der Waals surface area contributed by atoms with Crippen LogP contribution in [-0.2, 0) is 12.8 Å². The van der Waals surface area contributed by atoms with Gasteiger partial charge in [0.05, 0.1) is 5.01 Å². The van der Waals surface area contributed by atoms with Gasteiger partial charge >= 0.3 is 0 Å². The summed E-state index contributed by atoms with van der Waals surface area (Å²) in [6.07, 6.45) is 1.54. The SMILES string of the molecule is Cc1ccccc1CC(C)NC(=O)c1csc(CCN)n1.Cl. The average Bonchev–Trinajstić information content (AvgIpc) is 2.90. The Kier molecular flexibility index (Phi) is 7.51. The van der Waals surface area contributed by atoms with Crippen molar-refractivity contribution in [3.8, 4) is 0 Å². The quantitative estimate of drug-likeness (QED) is 0.850. The molecule has 0 radical (unpaired) electrons. The Bertz CT molecular complexity index is 615. The number of carbonyl (C=O) groups excluding carboxylic acids is 1. The summed E-state index contributed by atoms with van der Waals surface area (Å²) in [5.41, 5.74) is 8.48. The fraction of sp³-hybridized carbons (Fsp3) is 0.375. The third-order valence-corrected chi connectivity index (χ3v) is 4.22. The zero-order valence-electron chi connectivity index (χ0n) is 12.8. The molecule has 1 aromatic heterocycles. The van der Waals surface area contributed by atoms with Crippen molar-refractivity contribution in [3.63, 3.8) is 0 Å². The van der Waals surface area contributed by atoms with E-state index in [1.807, 2.05) is 19.1 Å². The molecule has 1 atom stereocenters. The molecule has 22 heavy (non-hydrogen) atoms. The van der Waals surface area contributed by atoms with Crippen LogP contribution in [-0.4, -0.2) is 23.5 Å². The van der Waals surface area contributed by atoms with E-state index in [9.17, 15) is 4.79 Å². The molecule has 2 aromatic rings. The van der Waals surface area contributed by atoms with Crippen LogP contribution in [0.25, 0.3) is 0 Å². The molecular formula is C16H22ClN3OS. The Morgan fingerprint density at radius 2 is 2.14 bits per heavy atom. The van der Waals surface area contributed by atoms with Crippen LogP contribution >= 0.6 is 23.7 Å². The standard InChI is InChI=1S/C16H21N3OS.ClH/c1-11-5-3-4-6-13(11)9-12(2)18-16(20)14-10-21-15(19-14)7-8-17;/h3-6,10,12H,7-9,17H2,1-2H3,(H,18,20);1H. The molecule has 0 fully saturated rings. The van der Waals surface area contributed by atoms with Crippen LogP contribution in [0.15, 0.2) is 29.6 Å². The second kappa shape index (κ2) is 8.88. The van der Waals surface area contributed by atoms with E-state index in [1.165, 1.54) is 22.5 Å². The molecule has 2 rings (SSSR count). The molecule has 1 aromatic carbocycles. The van der Waals surface area contributed by atoms with Crippen molar-refractivity contribution in [3.05, 3.63) is 51.5 Å². The molecule has 0 aliphatic rings. The highest BCUT2D eigenvalue weighted by molar-refractivity contribution is 7.09. The summed E-state index contributed by atoms with van der Waals surface area (Å²) in [6.45, 7) is 4.65. The number of nitrogens with zero attached hydrogens (tertiary/aromatic N) is 1. The maximum atomic E-state index is 12.1. The molecule has 1 heterocycles. The molecule has 4 nitrogen and oxygen atoms in total. The van der Waals surface area contributed by atoms with Gasteiger partial charge < -0.3 is 11.1 Å². The van der Waals surface area contributed by atoms with Crippen LogP contribution in [0.3, 0.4) is 0 Å². The van der Waals surface area contributed by atoms with Gasteiger partial charge in [-0.05, 0) is 37.9 Å². The zero-order chi connectivity index (χ0) is 15.2. The van der Waals surface area contributed by atoms with Crippen LogP contribution in [0.5, 0.6) is 0 Å². The summed E-state index contributed by atoms with van der Waals surface area (Å²) in [4.78, 5) is 16.5. The molecule has 0 bridgehead atoms. The highest BCUT2D eigenvalue weighted by atomic mass is 35.5. The summed E-state index contributed by atoms with van der Waals surface area (Å²) >= 11 is 1.48. The summed E-state index contributed by atoms with van der Waals surface area (Å²) in [5.74, 6) is -0.115. The molecule has 3 N–H and O–H groups in total. The number of rotatable bonds is 6. The topological polar surface area (TPSA) is 68.0 Å². The smallest absolute Gasteiger partial charge is 0.270 e. The van der Waals surface area contributed by atoms with Gasteiger partial charge in [-0.15, -0.1) is 23.7 Å². The molecule has 0 aliphatic carbocycles. The van der Waals surface area contributed by atoms with Gasteiger partial charge in [-0.25, -0.2) is 4.98 Å². The number of aryl methyl sites for hydroxylation is 1. The monoisotopic (exact) mass is 339 g/mol. The van der Waals surface area contributed by atoms with Crippen LogP contribution < -0.4 is 11.1 Å². The highest BCUT2D eigenvalue weighted by Crippen LogP contribution is 2.12. The summed E-state index contributed by atoms with van der Waals surface area (Å²) in [6, 6.07) is 8.30. The minimum absolute atomic E-state index is 0. The van der Waals surface area contributed by atoms with Crippen molar-refractivity contribution in [2.75, 3.05) is 6.54 Å². The van der Waals surface area contributed by atoms with Crippen molar-refractivity contribution in [1.82, 2.24) is 10.3 Å². The van der Waals surface area contributed by atoms with E-state index in [0.29, 0.717) is 12.2 Å². The lowest BCUT2D eigenvalue weighted by molar-refractivity contribution is 0.0935. The minimum atomic E-state index is -0.115. The van der Waals surface area contributed by atoms with Crippen LogP contribution in [0.2, 0.25) is 0 Å². The molecular weight excluding hydrogens is 318 g/mol. The van der Waals surface area contributed by atoms with Crippen LogP contribution in [0, 0.1) is 6.92 Å². The number of hydrogen-bond acceptors (Lipinski definition) is 4. The Morgan fingerprint density at radius 1 is 1.41 bits per heavy atom. The number of halogens is 1. The number of aromatic nitrogens is 1. The lowest BCUT2D eigenvalue weighted by atomic mass is 10.0. The van der Waals surface area contributed by atoms with E-state index >= 15 is 0 Å². The van der Waals surface area contributed by atoms with Gasteiger partial charge in [-0.2, -0.15) is 0 Å². The summed E-state index contributed by atoms with van der Waals surface area (Å²) in [5, 5.41) is 5.71. The molecule has 120 valence electrons. The van der Waals surface area contributed by atoms with Crippen molar-refractivity contribution in [2.45, 2.75) is 32.7 Å². The summed E-state index contributed by atoms with van der Waals surface area (Å²) in [7, 11) is 0. The normalized spacial score (nSPS) is 11.6. The molecule has 1 amide bonds. The molecule has 0 saturated carbocycles. The number of hydrogen-bond donors (Lipinski definition) is 2. The second-order valence-corrected chi connectivity index (χ2v) is 6.11. The number of amides is 1. The summed E-state index contributed by atoms with van der Waals surface area (Å²) < 4.78 is 0. The molecule has 0 aliphatic heterocycles. The van der Waals surface area contributed by atoms with Crippen molar-refractivity contribution in [2.24, 2.45) is 5.73 Å². The Hall–Kier alpha value is -1.43.